The Morgan fingerprint density at radius 3 is 2.47 bits per heavy atom. The number of H-pyrrole nitrogens is 1. The van der Waals surface area contributed by atoms with Crippen LogP contribution in [-0.4, -0.2) is 33.4 Å². The van der Waals surface area contributed by atoms with Crippen LogP contribution in [0.1, 0.15) is 38.0 Å². The molecule has 1 aromatic heterocycles. The number of hydrogen-bond acceptors (Lipinski definition) is 3. The number of aromatic amines is 1. The molecule has 5 nitrogen and oxygen atoms in total. The number of rotatable bonds is 3. The number of amides is 1. The third-order valence-corrected chi connectivity index (χ3v) is 2.94. The highest BCUT2D eigenvalue weighted by atomic mass is 16.2. The molecule has 0 aliphatic heterocycles. The maximum absolute atomic E-state index is 12.0. The maximum Gasteiger partial charge on any atom is 0.230 e. The van der Waals surface area contributed by atoms with Crippen LogP contribution in [0, 0.1) is 6.92 Å². The fourth-order valence-electron chi connectivity index (χ4n) is 1.48. The van der Waals surface area contributed by atoms with Crippen molar-refractivity contribution in [2.24, 2.45) is 5.73 Å². The Balaban J connectivity index is 2.74. The molecule has 0 spiro atoms. The Labute approximate surface area is 102 Å². The van der Waals surface area contributed by atoms with Crippen molar-refractivity contribution in [3.05, 3.63) is 17.2 Å². The van der Waals surface area contributed by atoms with E-state index < -0.39 is 0 Å². The summed E-state index contributed by atoms with van der Waals surface area (Å²) in [6.07, 6.45) is 0.286. The zero-order valence-corrected chi connectivity index (χ0v) is 11.3. The van der Waals surface area contributed by atoms with E-state index in [-0.39, 0.29) is 17.9 Å². The normalized spacial score (nSPS) is 11.6. The Morgan fingerprint density at radius 1 is 1.47 bits per heavy atom. The summed E-state index contributed by atoms with van der Waals surface area (Å²) in [5, 5.41) is 0. The van der Waals surface area contributed by atoms with Gasteiger partial charge in [-0.3, -0.25) is 4.79 Å². The van der Waals surface area contributed by atoms with Gasteiger partial charge in [0.05, 0.1) is 17.8 Å². The van der Waals surface area contributed by atoms with Gasteiger partial charge >= 0.3 is 0 Å². The molecule has 1 aromatic rings. The summed E-state index contributed by atoms with van der Waals surface area (Å²) in [6.45, 7) is 8.32. The highest BCUT2D eigenvalue weighted by Gasteiger charge is 2.23. The number of nitrogens with two attached hydrogens (primary N) is 1. The van der Waals surface area contributed by atoms with E-state index in [1.807, 2.05) is 34.7 Å². The van der Waals surface area contributed by atoms with Gasteiger partial charge in [0.15, 0.2) is 0 Å². The van der Waals surface area contributed by atoms with Crippen LogP contribution >= 0.6 is 0 Å². The van der Waals surface area contributed by atoms with Gasteiger partial charge in [-0.05, 0) is 27.7 Å². The number of hydrogen-bond donors (Lipinski definition) is 2. The molecule has 5 heteroatoms. The highest BCUT2D eigenvalue weighted by Crippen LogP contribution is 2.12. The van der Waals surface area contributed by atoms with Crippen LogP contribution in [0.3, 0.4) is 0 Å². The fourth-order valence-corrected chi connectivity index (χ4v) is 1.48. The summed E-state index contributed by atoms with van der Waals surface area (Å²) < 4.78 is 0. The SMILES string of the molecule is Cc1nc(CC(=O)N(C)C(C)(C)C)[nH]c1CN. The van der Waals surface area contributed by atoms with Gasteiger partial charge < -0.3 is 15.6 Å². The van der Waals surface area contributed by atoms with Crippen molar-refractivity contribution in [3.63, 3.8) is 0 Å². The molecule has 1 rings (SSSR count). The number of imidazole rings is 1. The van der Waals surface area contributed by atoms with E-state index in [4.69, 9.17) is 5.73 Å². The smallest absolute Gasteiger partial charge is 0.230 e. The molecule has 1 amide bonds. The van der Waals surface area contributed by atoms with Gasteiger partial charge in [-0.15, -0.1) is 0 Å². The van der Waals surface area contributed by atoms with Crippen LogP contribution in [0.4, 0.5) is 0 Å². The van der Waals surface area contributed by atoms with E-state index in [1.165, 1.54) is 0 Å². The number of nitrogens with zero attached hydrogens (tertiary/aromatic N) is 2. The second-order valence-electron chi connectivity index (χ2n) is 5.25. The number of carbonyl (C=O) groups is 1. The van der Waals surface area contributed by atoms with Gasteiger partial charge in [0.2, 0.25) is 5.91 Å². The molecule has 0 saturated carbocycles. The summed E-state index contributed by atoms with van der Waals surface area (Å²) in [5.41, 5.74) is 7.15. The standard InChI is InChI=1S/C12H22N4O/c1-8-9(7-13)15-10(14-8)6-11(17)16(5)12(2,3)4/h6-7,13H2,1-5H3,(H,14,15). The van der Waals surface area contributed by atoms with Crippen LogP contribution in [0.2, 0.25) is 0 Å². The first-order valence-corrected chi connectivity index (χ1v) is 5.76. The average molecular weight is 238 g/mol. The lowest BCUT2D eigenvalue weighted by molar-refractivity contribution is -0.133. The molecule has 96 valence electrons. The minimum atomic E-state index is -0.171. The molecule has 0 atom stereocenters. The first kappa shape index (κ1) is 13.7. The zero-order chi connectivity index (χ0) is 13.2. The first-order valence-electron chi connectivity index (χ1n) is 5.76. The fraction of sp³-hybridized carbons (Fsp3) is 0.667. The molecule has 1 heterocycles. The van der Waals surface area contributed by atoms with Gasteiger partial charge in [0.1, 0.15) is 5.82 Å². The van der Waals surface area contributed by atoms with Crippen molar-refractivity contribution < 1.29 is 4.79 Å². The summed E-state index contributed by atoms with van der Waals surface area (Å²) in [5.74, 6) is 0.735. The molecule has 0 aromatic carbocycles. The zero-order valence-electron chi connectivity index (χ0n) is 11.3. The third kappa shape index (κ3) is 3.30. The van der Waals surface area contributed by atoms with Crippen molar-refractivity contribution in [3.8, 4) is 0 Å². The second kappa shape index (κ2) is 4.87. The van der Waals surface area contributed by atoms with E-state index in [0.29, 0.717) is 12.4 Å². The van der Waals surface area contributed by atoms with Gasteiger partial charge in [-0.25, -0.2) is 4.98 Å². The maximum atomic E-state index is 12.0. The highest BCUT2D eigenvalue weighted by molar-refractivity contribution is 5.78. The van der Waals surface area contributed by atoms with E-state index in [0.717, 1.165) is 11.4 Å². The molecular formula is C12H22N4O. The first-order chi connectivity index (χ1) is 7.75. The minimum absolute atomic E-state index is 0.0508. The summed E-state index contributed by atoms with van der Waals surface area (Å²) in [7, 11) is 1.81. The molecule has 0 aliphatic rings. The van der Waals surface area contributed by atoms with E-state index >= 15 is 0 Å². The minimum Gasteiger partial charge on any atom is -0.344 e. The number of aryl methyl sites for hydroxylation is 1. The Morgan fingerprint density at radius 2 is 2.06 bits per heavy atom. The van der Waals surface area contributed by atoms with E-state index in [9.17, 15) is 4.79 Å². The largest absolute Gasteiger partial charge is 0.344 e. The van der Waals surface area contributed by atoms with Crippen molar-refractivity contribution in [2.75, 3.05) is 7.05 Å². The number of nitrogens with one attached hydrogen (secondary N) is 1. The van der Waals surface area contributed by atoms with E-state index in [1.54, 1.807) is 4.90 Å². The van der Waals surface area contributed by atoms with Gasteiger partial charge in [-0.2, -0.15) is 0 Å². The number of aromatic nitrogens is 2. The number of likely N-dealkylation sites (N-methyl/N-ethyl adjacent to an activating group) is 1. The van der Waals surface area contributed by atoms with Crippen molar-refractivity contribution >= 4 is 5.91 Å². The van der Waals surface area contributed by atoms with Crippen molar-refractivity contribution in [2.45, 2.75) is 46.2 Å². The number of carbonyl (C=O) groups excluding carboxylic acids is 1. The lowest BCUT2D eigenvalue weighted by Gasteiger charge is -2.31. The molecule has 0 bridgehead atoms. The Hall–Kier alpha value is -1.36. The molecule has 0 fully saturated rings. The molecule has 0 saturated heterocycles. The quantitative estimate of drug-likeness (QED) is 0.824. The van der Waals surface area contributed by atoms with E-state index in [2.05, 4.69) is 9.97 Å². The molecule has 0 radical (unpaired) electrons. The van der Waals surface area contributed by atoms with Crippen LogP contribution in [-0.2, 0) is 17.8 Å². The Kier molecular flexibility index (Phi) is 3.93. The summed E-state index contributed by atoms with van der Waals surface area (Å²) in [6, 6.07) is 0. The Bertz CT molecular complexity index is 403. The monoisotopic (exact) mass is 238 g/mol. The molecule has 0 aliphatic carbocycles. The topological polar surface area (TPSA) is 75.0 Å². The van der Waals surface area contributed by atoms with Crippen LogP contribution in [0.5, 0.6) is 0 Å². The lowest BCUT2D eigenvalue weighted by atomic mass is 10.1. The van der Waals surface area contributed by atoms with Crippen LogP contribution in [0.15, 0.2) is 0 Å². The molecular weight excluding hydrogens is 216 g/mol. The van der Waals surface area contributed by atoms with Crippen molar-refractivity contribution in [1.29, 1.82) is 0 Å². The molecule has 0 unspecified atom stereocenters. The predicted molar refractivity (Wildman–Crippen MR) is 67.4 cm³/mol. The average Bonchev–Trinajstić information content (AvgIpc) is 2.56. The van der Waals surface area contributed by atoms with Gasteiger partial charge in [0.25, 0.3) is 0 Å². The third-order valence-electron chi connectivity index (χ3n) is 2.94. The molecule has 3 N–H and O–H groups in total. The summed E-state index contributed by atoms with van der Waals surface area (Å²) in [4.78, 5) is 21.1. The predicted octanol–water partition coefficient (Wildman–Crippen LogP) is 0.976. The second-order valence-corrected chi connectivity index (χ2v) is 5.25. The van der Waals surface area contributed by atoms with Crippen LogP contribution in [0.25, 0.3) is 0 Å². The lowest BCUT2D eigenvalue weighted by Crippen LogP contribution is -2.43. The van der Waals surface area contributed by atoms with Gasteiger partial charge in [-0.1, -0.05) is 0 Å². The molecule has 17 heavy (non-hydrogen) atoms. The van der Waals surface area contributed by atoms with Crippen molar-refractivity contribution in [1.82, 2.24) is 14.9 Å². The summed E-state index contributed by atoms with van der Waals surface area (Å²) >= 11 is 0. The van der Waals surface area contributed by atoms with Gasteiger partial charge in [0, 0.05) is 19.1 Å². The van der Waals surface area contributed by atoms with Crippen LogP contribution < -0.4 is 5.73 Å².